The highest BCUT2D eigenvalue weighted by Gasteiger charge is 2.05. The largest absolute Gasteiger partial charge is 0.197 e. The Kier molecular flexibility index (Phi) is 1.51. The molecule has 0 atom stereocenters. The van der Waals surface area contributed by atoms with Gasteiger partial charge in [0.25, 0.3) is 0 Å². The SMILES string of the molecule is Cc1n[nH]nc1C(C)C. The molecule has 1 aromatic rings. The molecule has 9 heavy (non-hydrogen) atoms. The van der Waals surface area contributed by atoms with Crippen molar-refractivity contribution in [2.45, 2.75) is 26.7 Å². The minimum atomic E-state index is 0.476. The maximum atomic E-state index is 3.98. The van der Waals surface area contributed by atoms with Gasteiger partial charge in [-0.3, -0.25) is 0 Å². The Morgan fingerprint density at radius 1 is 1.33 bits per heavy atom. The molecule has 0 unspecified atom stereocenters. The molecule has 1 rings (SSSR count). The van der Waals surface area contributed by atoms with E-state index in [9.17, 15) is 0 Å². The summed E-state index contributed by atoms with van der Waals surface area (Å²) in [7, 11) is 0. The molecule has 0 bridgehead atoms. The summed E-state index contributed by atoms with van der Waals surface area (Å²) in [6.45, 7) is 6.16. The Labute approximate surface area is 54.5 Å². The van der Waals surface area contributed by atoms with Crippen molar-refractivity contribution in [2.24, 2.45) is 0 Å². The Balaban J connectivity index is 2.94. The van der Waals surface area contributed by atoms with Crippen LogP contribution >= 0.6 is 0 Å². The van der Waals surface area contributed by atoms with Crippen molar-refractivity contribution >= 4 is 0 Å². The molecule has 0 saturated carbocycles. The van der Waals surface area contributed by atoms with Crippen molar-refractivity contribution in [3.8, 4) is 0 Å². The predicted molar refractivity (Wildman–Crippen MR) is 35.2 cm³/mol. The second-order valence-electron chi connectivity index (χ2n) is 2.45. The number of hydrogen-bond acceptors (Lipinski definition) is 2. The second-order valence-corrected chi connectivity index (χ2v) is 2.45. The second kappa shape index (κ2) is 2.17. The van der Waals surface area contributed by atoms with Gasteiger partial charge in [0.15, 0.2) is 0 Å². The van der Waals surface area contributed by atoms with Crippen molar-refractivity contribution in [1.82, 2.24) is 15.4 Å². The molecule has 1 N–H and O–H groups in total. The first-order valence-electron chi connectivity index (χ1n) is 3.09. The van der Waals surface area contributed by atoms with Crippen molar-refractivity contribution < 1.29 is 0 Å². The minimum absolute atomic E-state index is 0.476. The topological polar surface area (TPSA) is 41.6 Å². The molecule has 1 heterocycles. The highest BCUT2D eigenvalue weighted by Crippen LogP contribution is 2.11. The monoisotopic (exact) mass is 125 g/mol. The Bertz CT molecular complexity index is 190. The maximum absolute atomic E-state index is 3.98. The van der Waals surface area contributed by atoms with Crippen LogP contribution in [0.25, 0.3) is 0 Å². The average Bonchev–Trinajstić information content (AvgIpc) is 2.13. The number of nitrogens with zero attached hydrogens (tertiary/aromatic N) is 2. The van der Waals surface area contributed by atoms with E-state index in [4.69, 9.17) is 0 Å². The first-order chi connectivity index (χ1) is 4.22. The number of rotatable bonds is 1. The molecule has 0 fully saturated rings. The molecular formula is C6H11N3. The fourth-order valence-corrected chi connectivity index (χ4v) is 0.839. The summed E-state index contributed by atoms with van der Waals surface area (Å²) in [5.74, 6) is 0.476. The zero-order valence-corrected chi connectivity index (χ0v) is 5.97. The van der Waals surface area contributed by atoms with Gasteiger partial charge >= 0.3 is 0 Å². The molecule has 0 aliphatic heterocycles. The molecule has 3 nitrogen and oxygen atoms in total. The zero-order chi connectivity index (χ0) is 6.85. The van der Waals surface area contributed by atoms with Gasteiger partial charge in [0.2, 0.25) is 0 Å². The zero-order valence-electron chi connectivity index (χ0n) is 5.97. The van der Waals surface area contributed by atoms with Gasteiger partial charge in [0, 0.05) is 0 Å². The van der Waals surface area contributed by atoms with Crippen LogP contribution in [0.4, 0.5) is 0 Å². The van der Waals surface area contributed by atoms with Gasteiger partial charge in [0.1, 0.15) is 0 Å². The first-order valence-corrected chi connectivity index (χ1v) is 3.09. The quantitative estimate of drug-likeness (QED) is 0.613. The Hall–Kier alpha value is -0.860. The van der Waals surface area contributed by atoms with Crippen LogP contribution in [0.3, 0.4) is 0 Å². The van der Waals surface area contributed by atoms with Gasteiger partial charge < -0.3 is 0 Å². The van der Waals surface area contributed by atoms with Crippen molar-refractivity contribution in [1.29, 1.82) is 0 Å². The lowest BCUT2D eigenvalue weighted by Gasteiger charge is -1.96. The van der Waals surface area contributed by atoms with Crippen LogP contribution in [-0.4, -0.2) is 15.4 Å². The third-order valence-corrected chi connectivity index (χ3v) is 1.31. The fraction of sp³-hybridized carbons (Fsp3) is 0.667. The van der Waals surface area contributed by atoms with Crippen LogP contribution in [0, 0.1) is 6.92 Å². The standard InChI is InChI=1S/C6H11N3/c1-4(2)6-5(3)7-9-8-6/h4H,1-3H3,(H,7,8,9). The molecule has 0 aliphatic rings. The molecule has 0 amide bonds. The summed E-state index contributed by atoms with van der Waals surface area (Å²) in [6, 6.07) is 0. The summed E-state index contributed by atoms with van der Waals surface area (Å²) < 4.78 is 0. The molecule has 0 aromatic carbocycles. The number of hydrogen-bond donors (Lipinski definition) is 1. The lowest BCUT2D eigenvalue weighted by atomic mass is 10.1. The van der Waals surface area contributed by atoms with E-state index in [-0.39, 0.29) is 0 Å². The highest BCUT2D eigenvalue weighted by atomic mass is 15.3. The van der Waals surface area contributed by atoms with E-state index in [1.165, 1.54) is 0 Å². The van der Waals surface area contributed by atoms with Gasteiger partial charge in [-0.1, -0.05) is 13.8 Å². The number of H-pyrrole nitrogens is 1. The molecular weight excluding hydrogens is 114 g/mol. The lowest BCUT2D eigenvalue weighted by Crippen LogP contribution is -1.89. The third kappa shape index (κ3) is 1.09. The van der Waals surface area contributed by atoms with Crippen LogP contribution in [0.1, 0.15) is 31.2 Å². The molecule has 0 aliphatic carbocycles. The van der Waals surface area contributed by atoms with Crippen LogP contribution < -0.4 is 0 Å². The van der Waals surface area contributed by atoms with Gasteiger partial charge in [-0.15, -0.1) is 0 Å². The molecule has 0 saturated heterocycles. The van der Waals surface area contributed by atoms with Gasteiger partial charge in [-0.25, -0.2) is 0 Å². The minimum Gasteiger partial charge on any atom is -0.197 e. The third-order valence-electron chi connectivity index (χ3n) is 1.31. The van der Waals surface area contributed by atoms with Crippen LogP contribution in [0.5, 0.6) is 0 Å². The molecule has 3 heteroatoms. The van der Waals surface area contributed by atoms with E-state index < -0.39 is 0 Å². The summed E-state index contributed by atoms with van der Waals surface area (Å²) >= 11 is 0. The van der Waals surface area contributed by atoms with E-state index in [1.54, 1.807) is 0 Å². The Morgan fingerprint density at radius 2 is 2.00 bits per heavy atom. The van der Waals surface area contributed by atoms with Crippen molar-refractivity contribution in [2.75, 3.05) is 0 Å². The molecule has 50 valence electrons. The number of nitrogens with one attached hydrogen (secondary N) is 1. The van der Waals surface area contributed by atoms with Gasteiger partial charge in [0.05, 0.1) is 11.4 Å². The number of aromatic amines is 1. The predicted octanol–water partition coefficient (Wildman–Crippen LogP) is 1.24. The summed E-state index contributed by atoms with van der Waals surface area (Å²) in [5.41, 5.74) is 2.07. The summed E-state index contributed by atoms with van der Waals surface area (Å²) in [4.78, 5) is 0. The van der Waals surface area contributed by atoms with Gasteiger partial charge in [-0.2, -0.15) is 15.4 Å². The molecule has 1 aromatic heterocycles. The van der Waals surface area contributed by atoms with Crippen molar-refractivity contribution in [3.05, 3.63) is 11.4 Å². The summed E-state index contributed by atoms with van der Waals surface area (Å²) in [5, 5.41) is 10.5. The van der Waals surface area contributed by atoms with Crippen LogP contribution in [0.2, 0.25) is 0 Å². The van der Waals surface area contributed by atoms with E-state index in [1.807, 2.05) is 6.92 Å². The Morgan fingerprint density at radius 3 is 2.22 bits per heavy atom. The van der Waals surface area contributed by atoms with Crippen LogP contribution in [-0.2, 0) is 0 Å². The first kappa shape index (κ1) is 6.26. The van der Waals surface area contributed by atoms with E-state index >= 15 is 0 Å². The van der Waals surface area contributed by atoms with Crippen molar-refractivity contribution in [3.63, 3.8) is 0 Å². The smallest absolute Gasteiger partial charge is 0.0879 e. The maximum Gasteiger partial charge on any atom is 0.0879 e. The lowest BCUT2D eigenvalue weighted by molar-refractivity contribution is 0.801. The molecule has 0 spiro atoms. The normalized spacial score (nSPS) is 10.7. The fourth-order valence-electron chi connectivity index (χ4n) is 0.839. The highest BCUT2D eigenvalue weighted by molar-refractivity contribution is 5.09. The van der Waals surface area contributed by atoms with Crippen LogP contribution in [0.15, 0.2) is 0 Å². The number of aromatic nitrogens is 3. The molecule has 0 radical (unpaired) electrons. The van der Waals surface area contributed by atoms with E-state index in [2.05, 4.69) is 29.3 Å². The number of aryl methyl sites for hydroxylation is 1. The van der Waals surface area contributed by atoms with E-state index in [0.717, 1.165) is 11.4 Å². The summed E-state index contributed by atoms with van der Waals surface area (Å²) in [6.07, 6.45) is 0. The van der Waals surface area contributed by atoms with E-state index in [0.29, 0.717) is 5.92 Å². The van der Waals surface area contributed by atoms with Gasteiger partial charge in [-0.05, 0) is 12.8 Å². The average molecular weight is 125 g/mol.